The molecule has 0 aliphatic rings. The Bertz CT molecular complexity index is 3390. The Morgan fingerprint density at radius 3 is 0.818 bits per heavy atom. The molecule has 0 saturated heterocycles. The molecule has 20 heteroatoms. The van der Waals surface area contributed by atoms with Gasteiger partial charge in [-0.25, -0.2) is 9.59 Å². The highest BCUT2D eigenvalue weighted by Crippen LogP contribution is 2.22. The van der Waals surface area contributed by atoms with E-state index in [-0.39, 0.29) is 55.8 Å². The van der Waals surface area contributed by atoms with E-state index in [1.165, 1.54) is 11.1 Å². The number of hydrogen-bond donors (Lipinski definition) is 3. The molecule has 99 heavy (non-hydrogen) atoms. The third kappa shape index (κ3) is 34.1. The van der Waals surface area contributed by atoms with Crippen molar-refractivity contribution in [1.82, 2.24) is 5.32 Å². The Hall–Kier alpha value is -10.8. The molecule has 2 atom stereocenters. The Balaban J connectivity index is 0.000000240. The molecular weight excluding hydrogens is 1270 g/mol. The molecule has 20 nitrogen and oxygen atoms in total. The van der Waals surface area contributed by atoms with Gasteiger partial charge in [-0.2, -0.15) is 0 Å². The van der Waals surface area contributed by atoms with Gasteiger partial charge in [0, 0.05) is 51.5 Å². The molecule has 524 valence electrons. The number of aliphatic hydroxyl groups excluding tert-OH is 2. The summed E-state index contributed by atoms with van der Waals surface area (Å²) in [5.41, 5.74) is 4.40. The van der Waals surface area contributed by atoms with Gasteiger partial charge in [-0.1, -0.05) is 134 Å². The first-order valence-corrected chi connectivity index (χ1v) is 32.6. The van der Waals surface area contributed by atoms with Crippen LogP contribution in [0.15, 0.2) is 218 Å². The highest BCUT2D eigenvalue weighted by molar-refractivity contribution is 5.85. The van der Waals surface area contributed by atoms with Crippen LogP contribution in [0.3, 0.4) is 0 Å². The minimum atomic E-state index is -1.98. The van der Waals surface area contributed by atoms with Crippen molar-refractivity contribution >= 4 is 41.7 Å². The smallest absolute Gasteiger partial charge is 0.338 e. The van der Waals surface area contributed by atoms with Crippen LogP contribution in [0.1, 0.15) is 92.9 Å². The molecule has 8 rings (SSSR count). The number of aliphatic hydroxyl groups is 2. The predicted octanol–water partition coefficient (Wildman–Crippen LogP) is 12.6. The number of benzene rings is 8. The number of rotatable bonds is 35. The largest absolute Gasteiger partial charge is 0.497 e. The van der Waals surface area contributed by atoms with E-state index in [9.17, 15) is 43.8 Å². The molecule has 0 aromatic heterocycles. The Morgan fingerprint density at radius 1 is 0.303 bits per heavy atom. The fraction of sp³-hybridized carbons (Fsp3) is 0.304. The second kappa shape index (κ2) is 47.1. The van der Waals surface area contributed by atoms with Crippen LogP contribution in [0, 0.1) is 0 Å². The van der Waals surface area contributed by atoms with Crippen LogP contribution in [0.5, 0.6) is 46.0 Å². The van der Waals surface area contributed by atoms with Gasteiger partial charge in [0.2, 0.25) is 5.91 Å². The number of carbonyl (C=O) groups is 7. The van der Waals surface area contributed by atoms with E-state index in [4.69, 9.17) is 47.4 Å². The number of aryl methyl sites for hydroxylation is 1. The fourth-order valence-electron chi connectivity index (χ4n) is 8.97. The number of methoxy groups -OCH3 is 4. The van der Waals surface area contributed by atoms with E-state index in [0.717, 1.165) is 49.7 Å². The Labute approximate surface area is 579 Å². The zero-order valence-electron chi connectivity index (χ0n) is 56.5. The maximum absolute atomic E-state index is 11.8. The maximum Gasteiger partial charge on any atom is 0.338 e. The molecule has 8 aromatic carbocycles. The molecule has 0 saturated carbocycles. The highest BCUT2D eigenvalue weighted by atomic mass is 16.6. The molecule has 0 radical (unpaired) electrons. The fourth-order valence-corrected chi connectivity index (χ4v) is 8.97. The van der Waals surface area contributed by atoms with Gasteiger partial charge in [-0.05, 0) is 158 Å². The number of esters is 6. The topological polar surface area (TPSA) is 264 Å². The summed E-state index contributed by atoms with van der Waals surface area (Å²) in [6, 6.07) is 66.3. The van der Waals surface area contributed by atoms with Gasteiger partial charge in [0.25, 0.3) is 0 Å². The van der Waals surface area contributed by atoms with E-state index in [2.05, 4.69) is 29.6 Å². The van der Waals surface area contributed by atoms with Gasteiger partial charge in [-0.3, -0.25) is 24.0 Å². The normalized spacial score (nSPS) is 10.8. The summed E-state index contributed by atoms with van der Waals surface area (Å²) in [7, 11) is 6.31. The highest BCUT2D eigenvalue weighted by Gasteiger charge is 2.33. The van der Waals surface area contributed by atoms with Crippen molar-refractivity contribution in [3.63, 3.8) is 0 Å². The lowest BCUT2D eigenvalue weighted by atomic mass is 10.1. The summed E-state index contributed by atoms with van der Waals surface area (Å²) in [5.74, 6) is 1.58. The van der Waals surface area contributed by atoms with Crippen molar-refractivity contribution in [3.8, 4) is 46.0 Å². The quantitative estimate of drug-likeness (QED) is 0.0189. The van der Waals surface area contributed by atoms with Crippen molar-refractivity contribution in [2.45, 2.75) is 109 Å². The molecule has 8 aromatic rings. The lowest BCUT2D eigenvalue weighted by Crippen LogP contribution is -2.42. The molecule has 0 heterocycles. The Kier molecular flexibility index (Phi) is 37.6. The van der Waals surface area contributed by atoms with E-state index < -0.39 is 24.1 Å². The summed E-state index contributed by atoms with van der Waals surface area (Å²) in [5, 5.41) is 22.5. The van der Waals surface area contributed by atoms with Crippen molar-refractivity contribution in [3.05, 3.63) is 241 Å². The Morgan fingerprint density at radius 2 is 0.545 bits per heavy atom. The van der Waals surface area contributed by atoms with Crippen molar-refractivity contribution in [1.29, 1.82) is 0 Å². The summed E-state index contributed by atoms with van der Waals surface area (Å²) >= 11 is 0. The standard InChI is InChI=1S/C22H26O6.2C20H22O6.C17H19NO/c1-25-17-9-13-19(14-10-17)27-21(23)7-5-3-4-6-8-22(24)28-20-15-11-18(26-2)12-16-20;1-23-15-7-11-17(12-8-15)25-19(21)5-3-4-6-20(22)26-18-13-9-16(24-2)10-14-18;21-17(19(23)25-13-11-15-7-3-1-4-8-15)18(22)20(24)26-14-12-16-9-5-2-6-10-16;19-17(12-11-15-7-3-1-4-8-15)18-14-13-16-9-5-2-6-10-16/h9-16H,3-8H2,1-2H3;7-14H,3-6H2,1-2H3;1-10,17-18,21-22H,11-14H2;1-10H,11-14H2,(H,18,19)/t;;17-,18-;/m..1./s1. The van der Waals surface area contributed by atoms with E-state index in [1.807, 2.05) is 97.1 Å². The second-order valence-electron chi connectivity index (χ2n) is 22.0. The molecule has 0 unspecified atom stereocenters. The number of amides is 1. The lowest BCUT2D eigenvalue weighted by molar-refractivity contribution is -0.173. The number of unbranched alkanes of at least 4 members (excludes halogenated alkanes) is 4. The van der Waals surface area contributed by atoms with Crippen molar-refractivity contribution in [2.24, 2.45) is 0 Å². The van der Waals surface area contributed by atoms with Gasteiger partial charge < -0.3 is 62.9 Å². The predicted molar refractivity (Wildman–Crippen MR) is 373 cm³/mol. The van der Waals surface area contributed by atoms with Crippen LogP contribution in [-0.2, 0) is 68.7 Å². The summed E-state index contributed by atoms with van der Waals surface area (Å²) in [6.07, 6.45) is 4.66. The zero-order chi connectivity index (χ0) is 71.1. The minimum absolute atomic E-state index is 0.0374. The summed E-state index contributed by atoms with van der Waals surface area (Å²) < 4.78 is 50.9. The summed E-state index contributed by atoms with van der Waals surface area (Å²) in [4.78, 5) is 82.4. The number of hydrogen-bond acceptors (Lipinski definition) is 19. The number of carbonyl (C=O) groups excluding carboxylic acids is 7. The molecule has 0 fully saturated rings. The number of nitrogens with one attached hydrogen (secondary N) is 1. The van der Waals surface area contributed by atoms with Crippen LogP contribution in [0.4, 0.5) is 0 Å². The molecule has 0 aliphatic carbocycles. The SMILES string of the molecule is COc1ccc(OC(=O)CCCCC(=O)Oc2ccc(OC)cc2)cc1.COc1ccc(OC(=O)CCCCCCC(=O)Oc2ccc(OC)cc2)cc1.O=C(CCc1ccccc1)NCCc1ccccc1.O=C(OCCc1ccccc1)[C@H](O)[C@@H](O)C(=O)OCCc1ccccc1. The second-order valence-corrected chi connectivity index (χ2v) is 22.0. The van der Waals surface area contributed by atoms with Crippen molar-refractivity contribution < 1.29 is 91.1 Å². The average molecular weight is 1360 g/mol. The molecular formula is C79H89NO19. The maximum atomic E-state index is 11.8. The zero-order valence-corrected chi connectivity index (χ0v) is 56.5. The van der Waals surface area contributed by atoms with Crippen LogP contribution >= 0.6 is 0 Å². The van der Waals surface area contributed by atoms with Crippen LogP contribution in [-0.4, -0.2) is 112 Å². The monoisotopic (exact) mass is 1360 g/mol. The first kappa shape index (κ1) is 78.9. The average Bonchev–Trinajstić information content (AvgIpc) is 1.75. The molecule has 3 N–H and O–H groups in total. The van der Waals surface area contributed by atoms with Crippen LogP contribution in [0.25, 0.3) is 0 Å². The molecule has 1 amide bonds. The van der Waals surface area contributed by atoms with Gasteiger partial charge >= 0.3 is 35.8 Å². The molecule has 0 bridgehead atoms. The molecule has 0 aliphatic heterocycles. The van der Waals surface area contributed by atoms with E-state index in [1.54, 1.807) is 126 Å². The minimum Gasteiger partial charge on any atom is -0.497 e. The third-order valence-electron chi connectivity index (χ3n) is 14.5. The lowest BCUT2D eigenvalue weighted by Gasteiger charge is -2.16. The van der Waals surface area contributed by atoms with Gasteiger partial charge in [0.1, 0.15) is 46.0 Å². The van der Waals surface area contributed by atoms with E-state index in [0.29, 0.717) is 97.5 Å². The first-order valence-electron chi connectivity index (χ1n) is 32.6. The van der Waals surface area contributed by atoms with E-state index >= 15 is 0 Å². The van der Waals surface area contributed by atoms with Gasteiger partial charge in [0.05, 0.1) is 41.7 Å². The van der Waals surface area contributed by atoms with Gasteiger partial charge in [-0.15, -0.1) is 0 Å². The molecule has 0 spiro atoms. The first-order chi connectivity index (χ1) is 48.1. The van der Waals surface area contributed by atoms with Crippen LogP contribution in [0.2, 0.25) is 0 Å². The van der Waals surface area contributed by atoms with Crippen LogP contribution < -0.4 is 43.2 Å². The van der Waals surface area contributed by atoms with Gasteiger partial charge in [0.15, 0.2) is 12.2 Å². The summed E-state index contributed by atoms with van der Waals surface area (Å²) in [6.45, 7) is 0.781. The third-order valence-corrected chi connectivity index (χ3v) is 14.5. The van der Waals surface area contributed by atoms with Crippen molar-refractivity contribution in [2.75, 3.05) is 48.2 Å². The number of ether oxygens (including phenoxy) is 10.